The van der Waals surface area contributed by atoms with Gasteiger partial charge in [0.2, 0.25) is 5.06 Å². The van der Waals surface area contributed by atoms with Crippen LogP contribution < -0.4 is 10.5 Å². The normalized spacial score (nSPS) is 10.8. The van der Waals surface area contributed by atoms with Gasteiger partial charge in [-0.1, -0.05) is 22.6 Å². The molecule has 0 saturated heterocycles. The van der Waals surface area contributed by atoms with Gasteiger partial charge in [-0.25, -0.2) is 9.78 Å². The van der Waals surface area contributed by atoms with Crippen LogP contribution >= 0.6 is 11.3 Å². The smallest absolute Gasteiger partial charge is 0.397 e. The molecule has 124 valence electrons. The van der Waals surface area contributed by atoms with Crippen molar-refractivity contribution in [2.75, 3.05) is 0 Å². The molecular weight excluding hydrogens is 328 g/mol. The molecule has 0 radical (unpaired) electrons. The molecule has 0 aromatic carbocycles. The summed E-state index contributed by atoms with van der Waals surface area (Å²) < 4.78 is 10.3. The van der Waals surface area contributed by atoms with Crippen LogP contribution in [-0.2, 0) is 12.8 Å². The Labute approximate surface area is 142 Å². The van der Waals surface area contributed by atoms with E-state index in [0.29, 0.717) is 23.6 Å². The second-order valence-corrected chi connectivity index (χ2v) is 6.23. The molecule has 0 aliphatic carbocycles. The molecule has 0 saturated carbocycles. The van der Waals surface area contributed by atoms with Gasteiger partial charge >= 0.3 is 6.09 Å². The van der Waals surface area contributed by atoms with Gasteiger partial charge < -0.3 is 15.0 Å². The maximum atomic E-state index is 10.9. The van der Waals surface area contributed by atoms with Gasteiger partial charge in [0.25, 0.3) is 0 Å². The van der Waals surface area contributed by atoms with Crippen LogP contribution in [0.1, 0.15) is 22.0 Å². The van der Waals surface area contributed by atoms with Crippen molar-refractivity contribution in [2.24, 2.45) is 5.73 Å². The summed E-state index contributed by atoms with van der Waals surface area (Å²) in [5.41, 5.74) is 8.22. The number of carbonyl (C=O) groups is 1. The van der Waals surface area contributed by atoms with E-state index in [9.17, 15) is 4.79 Å². The first kappa shape index (κ1) is 16.1. The third-order valence-corrected chi connectivity index (χ3v) is 4.57. The first-order chi connectivity index (χ1) is 11.5. The molecule has 0 aliphatic rings. The van der Waals surface area contributed by atoms with Gasteiger partial charge in [0.05, 0.1) is 16.4 Å². The molecule has 2 N–H and O–H groups in total. The minimum Gasteiger partial charge on any atom is -0.397 e. The molecule has 24 heavy (non-hydrogen) atoms. The number of amides is 1. The second kappa shape index (κ2) is 6.79. The first-order valence-corrected chi connectivity index (χ1v) is 8.16. The van der Waals surface area contributed by atoms with Crippen molar-refractivity contribution in [1.82, 2.24) is 15.1 Å². The fourth-order valence-electron chi connectivity index (χ4n) is 2.35. The van der Waals surface area contributed by atoms with Crippen LogP contribution in [0.15, 0.2) is 28.9 Å². The lowest BCUT2D eigenvalue weighted by molar-refractivity contribution is 0.212. The maximum Gasteiger partial charge on any atom is 0.410 e. The summed E-state index contributed by atoms with van der Waals surface area (Å²) in [6.45, 7) is 3.66. The van der Waals surface area contributed by atoms with Crippen molar-refractivity contribution in [3.05, 3.63) is 46.4 Å². The van der Waals surface area contributed by atoms with Gasteiger partial charge in [-0.2, -0.15) is 0 Å². The highest BCUT2D eigenvalue weighted by molar-refractivity contribution is 7.13. The molecule has 0 fully saturated rings. The molecule has 0 aliphatic heterocycles. The Bertz CT molecular complexity index is 858. The maximum absolute atomic E-state index is 10.9. The predicted molar refractivity (Wildman–Crippen MR) is 88.9 cm³/mol. The van der Waals surface area contributed by atoms with E-state index >= 15 is 0 Å². The van der Waals surface area contributed by atoms with Crippen LogP contribution in [0.2, 0.25) is 0 Å². The number of aryl methyl sites for hydroxylation is 3. The van der Waals surface area contributed by atoms with Gasteiger partial charge in [0.15, 0.2) is 0 Å². The fraction of sp³-hybridized carbons (Fsp3) is 0.250. The van der Waals surface area contributed by atoms with Crippen LogP contribution in [0.25, 0.3) is 11.4 Å². The van der Waals surface area contributed by atoms with Crippen LogP contribution in [-0.4, -0.2) is 21.2 Å². The molecule has 3 aromatic heterocycles. The summed E-state index contributed by atoms with van der Waals surface area (Å²) >= 11 is 1.32. The summed E-state index contributed by atoms with van der Waals surface area (Å²) in [4.78, 5) is 19.6. The fourth-order valence-corrected chi connectivity index (χ4v) is 3.27. The number of primary amides is 1. The van der Waals surface area contributed by atoms with Crippen LogP contribution in [0.3, 0.4) is 0 Å². The Kier molecular flexibility index (Phi) is 4.57. The number of aromatic nitrogens is 3. The predicted octanol–water partition coefficient (Wildman–Crippen LogP) is 3.05. The SMILES string of the molecule is Cc1nc(CCc2c(-c3ccccn3)noc2C)sc1OC(N)=O. The molecule has 0 spiro atoms. The summed E-state index contributed by atoms with van der Waals surface area (Å²) in [7, 11) is 0. The number of nitrogens with zero attached hydrogens (tertiary/aromatic N) is 3. The quantitative estimate of drug-likeness (QED) is 0.763. The molecule has 3 aromatic rings. The van der Waals surface area contributed by atoms with Gasteiger partial charge in [0.1, 0.15) is 11.5 Å². The highest BCUT2D eigenvalue weighted by atomic mass is 32.1. The van der Waals surface area contributed by atoms with Gasteiger partial charge in [-0.15, -0.1) is 0 Å². The summed E-state index contributed by atoms with van der Waals surface area (Å²) in [5, 5.41) is 5.41. The topological polar surface area (TPSA) is 104 Å². The van der Waals surface area contributed by atoms with E-state index in [1.165, 1.54) is 11.3 Å². The lowest BCUT2D eigenvalue weighted by atomic mass is 10.1. The van der Waals surface area contributed by atoms with E-state index < -0.39 is 6.09 Å². The van der Waals surface area contributed by atoms with E-state index in [1.807, 2.05) is 25.1 Å². The Hall–Kier alpha value is -2.74. The number of carbonyl (C=O) groups excluding carboxylic acids is 1. The summed E-state index contributed by atoms with van der Waals surface area (Å²) in [5.74, 6) is 0.762. The Morgan fingerprint density at radius 1 is 1.33 bits per heavy atom. The molecule has 8 heteroatoms. The molecule has 3 rings (SSSR count). The largest absolute Gasteiger partial charge is 0.410 e. The highest BCUT2D eigenvalue weighted by Crippen LogP contribution is 2.29. The standard InChI is InChI=1S/C16H16N4O3S/c1-9-15(22-16(17)21)24-13(19-9)7-6-11-10(2)23-20-14(11)12-5-3-4-8-18-12/h3-5,8H,6-7H2,1-2H3,(H2,17,21). The lowest BCUT2D eigenvalue weighted by Crippen LogP contribution is -2.15. The molecule has 0 unspecified atom stereocenters. The van der Waals surface area contributed by atoms with Crippen molar-refractivity contribution in [3.63, 3.8) is 0 Å². The van der Waals surface area contributed by atoms with E-state index in [4.69, 9.17) is 15.0 Å². The molecule has 0 bridgehead atoms. The number of rotatable bonds is 5. The van der Waals surface area contributed by atoms with E-state index in [-0.39, 0.29) is 0 Å². The molecule has 1 amide bonds. The molecular formula is C16H16N4O3S. The van der Waals surface area contributed by atoms with Crippen molar-refractivity contribution < 1.29 is 14.1 Å². The Morgan fingerprint density at radius 2 is 2.17 bits per heavy atom. The number of hydrogen-bond acceptors (Lipinski definition) is 7. The number of ether oxygens (including phenoxy) is 1. The number of pyridine rings is 1. The van der Waals surface area contributed by atoms with Crippen molar-refractivity contribution >= 4 is 17.4 Å². The molecule has 3 heterocycles. The second-order valence-electron chi connectivity index (χ2n) is 5.18. The third kappa shape index (κ3) is 3.43. The van der Waals surface area contributed by atoms with E-state index in [2.05, 4.69) is 15.1 Å². The zero-order chi connectivity index (χ0) is 17.1. The van der Waals surface area contributed by atoms with Gasteiger partial charge in [-0.05, 0) is 32.4 Å². The van der Waals surface area contributed by atoms with Crippen molar-refractivity contribution in [3.8, 4) is 16.5 Å². The minimum absolute atomic E-state index is 0.435. The van der Waals surface area contributed by atoms with Crippen molar-refractivity contribution in [2.45, 2.75) is 26.7 Å². The number of hydrogen-bond donors (Lipinski definition) is 1. The summed E-state index contributed by atoms with van der Waals surface area (Å²) in [6, 6.07) is 5.66. The van der Waals surface area contributed by atoms with Gasteiger partial charge in [0, 0.05) is 18.2 Å². The lowest BCUT2D eigenvalue weighted by Gasteiger charge is -2.00. The van der Waals surface area contributed by atoms with Crippen LogP contribution in [0, 0.1) is 13.8 Å². The zero-order valence-corrected chi connectivity index (χ0v) is 14.1. The average molecular weight is 344 g/mol. The monoisotopic (exact) mass is 344 g/mol. The molecule has 7 nitrogen and oxygen atoms in total. The number of thiazole rings is 1. The van der Waals surface area contributed by atoms with E-state index in [0.717, 1.165) is 27.7 Å². The third-order valence-electron chi connectivity index (χ3n) is 3.47. The highest BCUT2D eigenvalue weighted by Gasteiger charge is 2.17. The van der Waals surface area contributed by atoms with Crippen molar-refractivity contribution in [1.29, 1.82) is 0 Å². The van der Waals surface area contributed by atoms with Crippen LogP contribution in [0.5, 0.6) is 5.06 Å². The summed E-state index contributed by atoms with van der Waals surface area (Å²) in [6.07, 6.45) is 2.26. The first-order valence-electron chi connectivity index (χ1n) is 7.34. The minimum atomic E-state index is -0.833. The molecule has 0 atom stereocenters. The van der Waals surface area contributed by atoms with Gasteiger partial charge in [-0.3, -0.25) is 4.98 Å². The average Bonchev–Trinajstić information content (AvgIpc) is 3.09. The number of nitrogens with two attached hydrogens (primary N) is 1. The zero-order valence-electron chi connectivity index (χ0n) is 13.3. The van der Waals surface area contributed by atoms with Crippen LogP contribution in [0.4, 0.5) is 4.79 Å². The van der Waals surface area contributed by atoms with E-state index in [1.54, 1.807) is 13.1 Å². The Morgan fingerprint density at radius 3 is 2.88 bits per heavy atom. The Balaban J connectivity index is 1.78.